The average molecular weight is 341 g/mol. The molecule has 0 atom stereocenters. The summed E-state index contributed by atoms with van der Waals surface area (Å²) in [5.41, 5.74) is 0.583. The van der Waals surface area contributed by atoms with Gasteiger partial charge in [-0.1, -0.05) is 0 Å². The minimum absolute atomic E-state index is 0.000895. The Morgan fingerprint density at radius 2 is 2.00 bits per heavy atom. The van der Waals surface area contributed by atoms with Crippen molar-refractivity contribution in [2.45, 2.75) is 0 Å². The lowest BCUT2D eigenvalue weighted by Crippen LogP contribution is -2.50. The molecule has 0 radical (unpaired) electrons. The van der Waals surface area contributed by atoms with Crippen molar-refractivity contribution in [1.82, 2.24) is 20.1 Å². The van der Waals surface area contributed by atoms with Gasteiger partial charge in [0, 0.05) is 50.1 Å². The van der Waals surface area contributed by atoms with Crippen LogP contribution in [0, 0.1) is 0 Å². The Hall–Kier alpha value is -1.47. The van der Waals surface area contributed by atoms with Crippen LogP contribution in [0.4, 0.5) is 0 Å². The summed E-state index contributed by atoms with van der Waals surface area (Å²) >= 11 is 3.31. The topological polar surface area (TPSA) is 65.5 Å². The molecule has 0 spiro atoms. The lowest BCUT2D eigenvalue weighted by atomic mass is 10.2. The first kappa shape index (κ1) is 14.9. The highest BCUT2D eigenvalue weighted by atomic mass is 79.9. The van der Waals surface area contributed by atoms with Gasteiger partial charge in [0.15, 0.2) is 0 Å². The van der Waals surface area contributed by atoms with Crippen molar-refractivity contribution in [3.63, 3.8) is 0 Å². The number of rotatable bonds is 3. The molecule has 2 heterocycles. The highest BCUT2D eigenvalue weighted by Gasteiger charge is 2.23. The number of nitrogens with zero attached hydrogens (tertiary/aromatic N) is 3. The molecule has 0 unspecified atom stereocenters. The van der Waals surface area contributed by atoms with Crippen LogP contribution < -0.4 is 5.32 Å². The first-order valence-corrected chi connectivity index (χ1v) is 7.22. The predicted octanol–water partition coefficient (Wildman–Crippen LogP) is 0.348. The predicted molar refractivity (Wildman–Crippen MR) is 78.3 cm³/mol. The van der Waals surface area contributed by atoms with Crippen LogP contribution in [0.25, 0.3) is 0 Å². The van der Waals surface area contributed by atoms with Gasteiger partial charge >= 0.3 is 0 Å². The molecule has 0 bridgehead atoms. The Labute approximate surface area is 126 Å². The fourth-order valence-electron chi connectivity index (χ4n) is 2.10. The lowest BCUT2D eigenvalue weighted by molar-refractivity contribution is -0.122. The number of nitrogens with one attached hydrogen (secondary N) is 1. The van der Waals surface area contributed by atoms with Crippen molar-refractivity contribution in [1.29, 1.82) is 0 Å². The monoisotopic (exact) mass is 340 g/mol. The van der Waals surface area contributed by atoms with Crippen molar-refractivity contribution in [3.05, 3.63) is 28.5 Å². The van der Waals surface area contributed by atoms with Gasteiger partial charge < -0.3 is 10.2 Å². The molecular weight excluding hydrogens is 324 g/mol. The molecule has 1 N–H and O–H groups in total. The molecule has 1 aromatic heterocycles. The molecule has 7 heteroatoms. The molecule has 20 heavy (non-hydrogen) atoms. The summed E-state index contributed by atoms with van der Waals surface area (Å²) in [4.78, 5) is 31.5. The van der Waals surface area contributed by atoms with Crippen molar-refractivity contribution in [2.24, 2.45) is 0 Å². The van der Waals surface area contributed by atoms with Crippen LogP contribution >= 0.6 is 15.9 Å². The summed E-state index contributed by atoms with van der Waals surface area (Å²) in [7, 11) is 1.63. The molecule has 6 nitrogen and oxygen atoms in total. The van der Waals surface area contributed by atoms with Gasteiger partial charge in [-0.2, -0.15) is 0 Å². The number of carbonyl (C=O) groups is 2. The highest BCUT2D eigenvalue weighted by molar-refractivity contribution is 9.10. The van der Waals surface area contributed by atoms with Gasteiger partial charge in [0.05, 0.1) is 12.1 Å². The number of likely N-dealkylation sites (N-methyl/N-ethyl adjacent to an activating group) is 1. The van der Waals surface area contributed by atoms with Gasteiger partial charge in [0.25, 0.3) is 5.91 Å². The van der Waals surface area contributed by atoms with E-state index in [-0.39, 0.29) is 11.8 Å². The standard InChI is InChI=1S/C13H17BrN4O2/c1-15-12(19)9-17-2-4-18(5-3-17)13(20)10-6-11(14)8-16-7-10/h6-8H,2-5,9H2,1H3,(H,15,19). The summed E-state index contributed by atoms with van der Waals surface area (Å²) in [6, 6.07) is 1.77. The smallest absolute Gasteiger partial charge is 0.255 e. The average Bonchev–Trinajstić information content (AvgIpc) is 2.47. The van der Waals surface area contributed by atoms with E-state index in [1.165, 1.54) is 0 Å². The number of hydrogen-bond acceptors (Lipinski definition) is 4. The normalized spacial score (nSPS) is 16.0. The fraction of sp³-hybridized carbons (Fsp3) is 0.462. The van der Waals surface area contributed by atoms with Gasteiger partial charge in [0.1, 0.15) is 0 Å². The van der Waals surface area contributed by atoms with Crippen LogP contribution in [-0.4, -0.2) is 66.4 Å². The van der Waals surface area contributed by atoms with Crippen molar-refractivity contribution >= 4 is 27.7 Å². The first-order chi connectivity index (χ1) is 9.60. The zero-order valence-electron chi connectivity index (χ0n) is 11.3. The summed E-state index contributed by atoms with van der Waals surface area (Å²) in [6.45, 7) is 3.06. The van der Waals surface area contributed by atoms with E-state index >= 15 is 0 Å². The molecule has 1 saturated heterocycles. The van der Waals surface area contributed by atoms with Gasteiger partial charge in [-0.05, 0) is 22.0 Å². The summed E-state index contributed by atoms with van der Waals surface area (Å²) < 4.78 is 0.793. The van der Waals surface area contributed by atoms with Crippen molar-refractivity contribution < 1.29 is 9.59 Å². The fourth-order valence-corrected chi connectivity index (χ4v) is 2.47. The van der Waals surface area contributed by atoms with Gasteiger partial charge in [-0.15, -0.1) is 0 Å². The van der Waals surface area contributed by atoms with Gasteiger partial charge in [-0.3, -0.25) is 19.5 Å². The number of carbonyl (C=O) groups excluding carboxylic acids is 2. The van der Waals surface area contributed by atoms with Crippen LogP contribution in [-0.2, 0) is 4.79 Å². The third-order valence-electron chi connectivity index (χ3n) is 3.26. The maximum Gasteiger partial charge on any atom is 0.255 e. The molecule has 0 aliphatic carbocycles. The molecule has 1 aliphatic heterocycles. The number of hydrogen-bond donors (Lipinski definition) is 1. The van der Waals surface area contributed by atoms with E-state index in [9.17, 15) is 9.59 Å². The molecule has 2 amide bonds. The number of halogens is 1. The Morgan fingerprint density at radius 3 is 2.60 bits per heavy atom. The van der Waals surface area contributed by atoms with Crippen LogP contribution in [0.5, 0.6) is 0 Å². The molecule has 108 valence electrons. The lowest BCUT2D eigenvalue weighted by Gasteiger charge is -2.34. The molecule has 1 fully saturated rings. The molecule has 1 aromatic rings. The second kappa shape index (κ2) is 6.81. The molecule has 2 rings (SSSR count). The zero-order chi connectivity index (χ0) is 14.5. The van der Waals surface area contributed by atoms with E-state index in [2.05, 4.69) is 26.2 Å². The minimum Gasteiger partial charge on any atom is -0.358 e. The molecule has 0 aromatic carbocycles. The van der Waals surface area contributed by atoms with E-state index in [4.69, 9.17) is 0 Å². The van der Waals surface area contributed by atoms with E-state index in [1.54, 1.807) is 30.4 Å². The van der Waals surface area contributed by atoms with Crippen LogP contribution in [0.3, 0.4) is 0 Å². The number of pyridine rings is 1. The summed E-state index contributed by atoms with van der Waals surface area (Å²) in [6.07, 6.45) is 3.22. The highest BCUT2D eigenvalue weighted by Crippen LogP contribution is 2.13. The van der Waals surface area contributed by atoms with Crippen molar-refractivity contribution in [2.75, 3.05) is 39.8 Å². The third-order valence-corrected chi connectivity index (χ3v) is 3.69. The molecular formula is C13H17BrN4O2. The number of piperazine rings is 1. The van der Waals surface area contributed by atoms with Crippen LogP contribution in [0.15, 0.2) is 22.9 Å². The summed E-state index contributed by atoms with van der Waals surface area (Å²) in [5.74, 6) is -0.0145. The van der Waals surface area contributed by atoms with E-state index in [0.29, 0.717) is 38.3 Å². The van der Waals surface area contributed by atoms with E-state index in [0.717, 1.165) is 4.47 Å². The zero-order valence-corrected chi connectivity index (χ0v) is 12.9. The Bertz CT molecular complexity index is 501. The quantitative estimate of drug-likeness (QED) is 0.862. The Morgan fingerprint density at radius 1 is 1.30 bits per heavy atom. The SMILES string of the molecule is CNC(=O)CN1CCN(C(=O)c2cncc(Br)c2)CC1. The van der Waals surface area contributed by atoms with Gasteiger partial charge in [-0.25, -0.2) is 0 Å². The number of aromatic nitrogens is 1. The maximum absolute atomic E-state index is 12.3. The van der Waals surface area contributed by atoms with E-state index in [1.807, 2.05) is 4.90 Å². The molecule has 1 aliphatic rings. The second-order valence-electron chi connectivity index (χ2n) is 4.63. The minimum atomic E-state index is -0.0154. The maximum atomic E-state index is 12.3. The van der Waals surface area contributed by atoms with E-state index < -0.39 is 0 Å². The second-order valence-corrected chi connectivity index (χ2v) is 5.55. The van der Waals surface area contributed by atoms with Gasteiger partial charge in [0.2, 0.25) is 5.91 Å². The van der Waals surface area contributed by atoms with Crippen molar-refractivity contribution in [3.8, 4) is 0 Å². The third kappa shape index (κ3) is 3.77. The first-order valence-electron chi connectivity index (χ1n) is 6.43. The van der Waals surface area contributed by atoms with Crippen LogP contribution in [0.2, 0.25) is 0 Å². The number of amides is 2. The largest absolute Gasteiger partial charge is 0.358 e. The molecule has 0 saturated carbocycles. The van der Waals surface area contributed by atoms with Crippen LogP contribution in [0.1, 0.15) is 10.4 Å². The Kier molecular flexibility index (Phi) is 5.08. The Balaban J connectivity index is 1.90. The summed E-state index contributed by atoms with van der Waals surface area (Å²) in [5, 5.41) is 2.60.